The predicted molar refractivity (Wildman–Crippen MR) is 140 cm³/mol. The Labute approximate surface area is 232 Å². The highest BCUT2D eigenvalue weighted by Crippen LogP contribution is 2.23. The van der Waals surface area contributed by atoms with Crippen LogP contribution < -0.4 is 20.9 Å². The molecule has 2 heterocycles. The topological polar surface area (TPSA) is 113 Å². The second-order valence-corrected chi connectivity index (χ2v) is 9.70. The molecule has 0 saturated carbocycles. The van der Waals surface area contributed by atoms with E-state index in [1.54, 1.807) is 37.3 Å². The molecule has 1 aliphatic heterocycles. The number of aliphatic hydroxyl groups is 1. The van der Waals surface area contributed by atoms with Crippen molar-refractivity contribution in [3.8, 4) is 5.75 Å². The summed E-state index contributed by atoms with van der Waals surface area (Å²) in [6.07, 6.45) is -0.234. The van der Waals surface area contributed by atoms with Crippen LogP contribution in [0.2, 0.25) is 0 Å². The molecule has 0 radical (unpaired) electrons. The minimum atomic E-state index is -1.25. The lowest BCUT2D eigenvalue weighted by atomic mass is 10.0. The smallest absolute Gasteiger partial charge is 0.276 e. The summed E-state index contributed by atoms with van der Waals surface area (Å²) in [5.41, 5.74) is 1.01. The Kier molecular flexibility index (Phi) is 8.96. The van der Waals surface area contributed by atoms with Gasteiger partial charge in [-0.2, -0.15) is 0 Å². The average Bonchev–Trinajstić information content (AvgIpc) is 2.95. The van der Waals surface area contributed by atoms with Crippen molar-refractivity contribution >= 4 is 11.8 Å². The highest BCUT2D eigenvalue weighted by Gasteiger charge is 2.35. The number of hydrogen-bond acceptors (Lipinski definition) is 6. The number of pyridine rings is 1. The van der Waals surface area contributed by atoms with Gasteiger partial charge in [0.1, 0.15) is 36.3 Å². The van der Waals surface area contributed by atoms with Gasteiger partial charge in [0.2, 0.25) is 5.43 Å². The first-order chi connectivity index (χ1) is 19.5. The molecule has 218 valence electrons. The van der Waals surface area contributed by atoms with Crippen LogP contribution in [0.3, 0.4) is 0 Å². The minimum Gasteiger partial charge on any atom is -0.482 e. The number of fused-ring (bicyclic) bond motifs is 1. The second-order valence-electron chi connectivity index (χ2n) is 9.70. The number of carbonyl (C=O) groups is 2. The molecule has 0 bridgehead atoms. The normalized spacial score (nSPS) is 19.0. The van der Waals surface area contributed by atoms with Crippen LogP contribution in [-0.4, -0.2) is 58.4 Å². The van der Waals surface area contributed by atoms with E-state index in [0.717, 1.165) is 15.8 Å². The van der Waals surface area contributed by atoms with Crippen molar-refractivity contribution in [3.05, 3.63) is 98.7 Å². The largest absolute Gasteiger partial charge is 0.482 e. The average molecular weight is 577 g/mol. The van der Waals surface area contributed by atoms with Gasteiger partial charge >= 0.3 is 0 Å². The number of carbonyl (C=O) groups excluding carboxylic acids is 2. The third-order valence-electron chi connectivity index (χ3n) is 6.74. The lowest BCUT2D eigenvalue weighted by Crippen LogP contribution is -2.47. The molecule has 41 heavy (non-hydrogen) atoms. The van der Waals surface area contributed by atoms with Crippen molar-refractivity contribution in [2.24, 2.45) is 0 Å². The zero-order chi connectivity index (χ0) is 29.8. The molecule has 13 heteroatoms. The van der Waals surface area contributed by atoms with E-state index in [-0.39, 0.29) is 18.7 Å². The highest BCUT2D eigenvalue weighted by molar-refractivity contribution is 5.99. The van der Waals surface area contributed by atoms with Gasteiger partial charge in [-0.3, -0.25) is 19.1 Å². The number of alkyl halides is 1. The van der Waals surface area contributed by atoms with E-state index in [1.807, 2.05) is 0 Å². The number of hydrogen-bond donors (Lipinski definition) is 3. The van der Waals surface area contributed by atoms with Crippen LogP contribution >= 0.6 is 0 Å². The van der Waals surface area contributed by atoms with Crippen LogP contribution in [0.4, 0.5) is 17.6 Å². The maximum absolute atomic E-state index is 14.1. The van der Waals surface area contributed by atoms with Gasteiger partial charge in [0.15, 0.2) is 11.4 Å². The van der Waals surface area contributed by atoms with Crippen molar-refractivity contribution in [2.45, 2.75) is 44.7 Å². The summed E-state index contributed by atoms with van der Waals surface area (Å²) in [5, 5.41) is 12.8. The zero-order valence-electron chi connectivity index (χ0n) is 22.2. The van der Waals surface area contributed by atoms with Gasteiger partial charge in [-0.15, -0.1) is 0 Å². The van der Waals surface area contributed by atoms with Gasteiger partial charge in [0, 0.05) is 43.5 Å². The van der Waals surface area contributed by atoms with Crippen LogP contribution in [0.5, 0.6) is 5.75 Å². The molecule has 0 spiro atoms. The fourth-order valence-electron chi connectivity index (χ4n) is 4.52. The number of nitrogens with one attached hydrogen (secondary N) is 2. The number of amides is 2. The van der Waals surface area contributed by atoms with Gasteiger partial charge < -0.3 is 25.5 Å². The number of aromatic nitrogens is 1. The molecular weight excluding hydrogens is 548 g/mol. The Morgan fingerprint density at radius 2 is 1.80 bits per heavy atom. The van der Waals surface area contributed by atoms with E-state index < -0.39 is 83.0 Å². The summed E-state index contributed by atoms with van der Waals surface area (Å²) in [6.45, 7) is -0.312. The number of rotatable bonds is 7. The van der Waals surface area contributed by atoms with Crippen molar-refractivity contribution < 1.29 is 37.0 Å². The van der Waals surface area contributed by atoms with Gasteiger partial charge in [0.25, 0.3) is 11.8 Å². The van der Waals surface area contributed by atoms with Crippen molar-refractivity contribution in [1.82, 2.24) is 14.9 Å². The molecule has 2 aromatic carbocycles. The minimum absolute atomic E-state index is 0.00261. The molecule has 0 unspecified atom stereocenters. The van der Waals surface area contributed by atoms with Crippen LogP contribution in [0, 0.1) is 17.5 Å². The standard InChI is InChI=1S/C28H28F4N4O5/c1-15-8-23(37)22(11-29)35(2)28(40)24-26(41-14-16-6-4-3-5-7-16)25(38)19(13-36(24)34-15)27(39)33-12-18-20(31)9-17(30)10-21(18)32/h3-7,9-10,13,15,22-23,34,37H,8,11-12,14H2,1-2H3,(H,33,39)/t15-,22+,23-/m1/s1. The van der Waals surface area contributed by atoms with E-state index >= 15 is 0 Å². The molecule has 3 atom stereocenters. The Hall–Kier alpha value is -4.39. The number of ether oxygens (including phenoxy) is 1. The molecule has 0 saturated heterocycles. The van der Waals surface area contributed by atoms with Crippen LogP contribution in [-0.2, 0) is 13.2 Å². The van der Waals surface area contributed by atoms with E-state index in [9.17, 15) is 37.1 Å². The lowest BCUT2D eigenvalue weighted by molar-refractivity contribution is 0.0325. The lowest BCUT2D eigenvalue weighted by Gasteiger charge is -2.29. The number of benzene rings is 2. The second kappa shape index (κ2) is 12.4. The molecule has 9 nitrogen and oxygen atoms in total. The Morgan fingerprint density at radius 1 is 1.15 bits per heavy atom. The quantitative estimate of drug-likeness (QED) is 0.373. The summed E-state index contributed by atoms with van der Waals surface area (Å²) in [5.74, 6) is -6.06. The molecule has 1 aromatic heterocycles. The monoisotopic (exact) mass is 576 g/mol. The first-order valence-electron chi connectivity index (χ1n) is 12.7. The predicted octanol–water partition coefficient (Wildman–Crippen LogP) is 2.88. The maximum Gasteiger partial charge on any atom is 0.276 e. The summed E-state index contributed by atoms with van der Waals surface area (Å²) in [6, 6.07) is 7.74. The van der Waals surface area contributed by atoms with E-state index in [4.69, 9.17) is 4.74 Å². The molecule has 2 amide bonds. The summed E-state index contributed by atoms with van der Waals surface area (Å²) < 4.78 is 62.3. The van der Waals surface area contributed by atoms with E-state index in [2.05, 4.69) is 10.7 Å². The number of nitrogens with zero attached hydrogens (tertiary/aromatic N) is 2. The molecular formula is C28H28F4N4O5. The molecule has 0 aliphatic carbocycles. The molecule has 3 aromatic rings. The van der Waals surface area contributed by atoms with Crippen LogP contribution in [0.1, 0.15) is 45.3 Å². The third-order valence-corrected chi connectivity index (χ3v) is 6.74. The first kappa shape index (κ1) is 29.6. The van der Waals surface area contributed by atoms with E-state index in [0.29, 0.717) is 17.7 Å². The highest BCUT2D eigenvalue weighted by atomic mass is 19.1. The summed E-state index contributed by atoms with van der Waals surface area (Å²) in [4.78, 5) is 41.3. The Bertz CT molecular complexity index is 1480. The molecule has 1 aliphatic rings. The fourth-order valence-corrected chi connectivity index (χ4v) is 4.52. The van der Waals surface area contributed by atoms with Gasteiger partial charge in [-0.1, -0.05) is 30.3 Å². The number of likely N-dealkylation sites (N-methyl/N-ethyl adjacent to an activating group) is 1. The SMILES string of the molecule is C[C@@H]1C[C@@H](O)[C@H](CF)N(C)C(=O)c2c(OCc3ccccc3)c(=O)c(C(=O)NCc3c(F)cc(F)cc3F)cn2N1. The number of aliphatic hydroxyl groups excluding tert-OH is 1. The summed E-state index contributed by atoms with van der Waals surface area (Å²) in [7, 11) is 1.27. The molecule has 0 fully saturated rings. The van der Waals surface area contributed by atoms with Crippen LogP contribution in [0.15, 0.2) is 53.5 Å². The number of halogens is 4. The van der Waals surface area contributed by atoms with Crippen molar-refractivity contribution in [1.29, 1.82) is 0 Å². The van der Waals surface area contributed by atoms with E-state index in [1.165, 1.54) is 7.05 Å². The fraction of sp³-hybridized carbons (Fsp3) is 0.321. The first-order valence-corrected chi connectivity index (χ1v) is 12.7. The van der Waals surface area contributed by atoms with Gasteiger partial charge in [-0.05, 0) is 18.9 Å². The Balaban J connectivity index is 1.79. The molecule has 3 N–H and O–H groups in total. The zero-order valence-corrected chi connectivity index (χ0v) is 22.2. The maximum atomic E-state index is 14.1. The van der Waals surface area contributed by atoms with Crippen molar-refractivity contribution in [3.63, 3.8) is 0 Å². The van der Waals surface area contributed by atoms with Crippen molar-refractivity contribution in [2.75, 3.05) is 19.1 Å². The van der Waals surface area contributed by atoms with Gasteiger partial charge in [0.05, 0.1) is 12.1 Å². The van der Waals surface area contributed by atoms with Crippen LogP contribution in [0.25, 0.3) is 0 Å². The summed E-state index contributed by atoms with van der Waals surface area (Å²) >= 11 is 0. The molecule has 4 rings (SSSR count). The van der Waals surface area contributed by atoms with Gasteiger partial charge in [-0.25, -0.2) is 17.6 Å². The Morgan fingerprint density at radius 3 is 2.44 bits per heavy atom. The third kappa shape index (κ3) is 6.35.